The van der Waals surface area contributed by atoms with E-state index >= 15 is 0 Å². The zero-order chi connectivity index (χ0) is 4.28. The number of aliphatic carboxylic acids is 1. The van der Waals surface area contributed by atoms with Gasteiger partial charge in [0.05, 0.1) is 0 Å². The molecule has 2 nitrogen and oxygen atoms in total. The lowest BCUT2D eigenvalue weighted by atomic mass is 11.3. The van der Waals surface area contributed by atoms with Gasteiger partial charge in [0.2, 0.25) is 0 Å². The molecule has 0 spiro atoms. The number of rotatable bonds is 1. The van der Waals surface area contributed by atoms with Crippen LogP contribution in [0.4, 0.5) is 0 Å². The predicted molar refractivity (Wildman–Crippen MR) is 21.4 cm³/mol. The molecule has 0 bridgehead atoms. The van der Waals surface area contributed by atoms with E-state index in [1.54, 1.807) is 0 Å². The van der Waals surface area contributed by atoms with Crippen LogP contribution in [-0.2, 0) is 4.79 Å². The first kappa shape index (κ1) is 4.95. The monoisotopic (exact) mass is 140 g/mol. The average Bonchev–Trinajstić information content (AvgIpc) is 1.38. The van der Waals surface area contributed by atoms with E-state index < -0.39 is 5.97 Å². The minimum absolute atomic E-state index is 0.0347. The fourth-order valence-corrected chi connectivity index (χ4v) is 0. The smallest absolute Gasteiger partial charge is 0.314 e. The molecule has 0 aromatic rings. The third kappa shape index (κ3) is 3.95. The lowest BCUT2D eigenvalue weighted by molar-refractivity contribution is -0.133. The second kappa shape index (κ2) is 2.20. The third-order valence-electron chi connectivity index (χ3n) is 0.114. The standard InChI is InChI=1S/C2H3BrO2/c3-1-2(4)5/h1H2,(H,4,5)/i1+2. The Balaban J connectivity index is 2.85. The van der Waals surface area contributed by atoms with Crippen molar-refractivity contribution in [1.82, 2.24) is 0 Å². The van der Waals surface area contributed by atoms with E-state index in [2.05, 4.69) is 15.9 Å². The van der Waals surface area contributed by atoms with Crippen molar-refractivity contribution in [3.05, 3.63) is 0 Å². The minimum Gasteiger partial charge on any atom is -0.481 e. The van der Waals surface area contributed by atoms with Crippen molar-refractivity contribution >= 4 is 21.9 Å². The van der Waals surface area contributed by atoms with Gasteiger partial charge in [-0.1, -0.05) is 15.9 Å². The number of carboxylic acids is 1. The highest BCUT2D eigenvalue weighted by Crippen LogP contribution is 1.73. The van der Waals surface area contributed by atoms with Crippen molar-refractivity contribution in [3.8, 4) is 0 Å². The summed E-state index contributed by atoms with van der Waals surface area (Å²) in [4.78, 5) is 9.32. The second-order valence-corrected chi connectivity index (χ2v) is 1.09. The Morgan fingerprint density at radius 1 is 2.00 bits per heavy atom. The van der Waals surface area contributed by atoms with Crippen molar-refractivity contribution in [2.45, 2.75) is 0 Å². The molecule has 0 aliphatic carbocycles. The molecule has 0 radical (unpaired) electrons. The minimum atomic E-state index is -0.829. The molecular formula is C2H3BrO2. The van der Waals surface area contributed by atoms with Gasteiger partial charge in [0.25, 0.3) is 0 Å². The van der Waals surface area contributed by atoms with Gasteiger partial charge < -0.3 is 5.11 Å². The van der Waals surface area contributed by atoms with Gasteiger partial charge in [-0.05, 0) is 0 Å². The summed E-state index contributed by atoms with van der Waals surface area (Å²) in [5.41, 5.74) is 0. The molecule has 0 saturated heterocycles. The van der Waals surface area contributed by atoms with Crippen LogP contribution < -0.4 is 0 Å². The molecule has 0 saturated carbocycles. The second-order valence-electron chi connectivity index (χ2n) is 0.527. The summed E-state index contributed by atoms with van der Waals surface area (Å²) < 4.78 is 0. The number of carboxylic acid groups (broad SMARTS) is 1. The summed E-state index contributed by atoms with van der Waals surface area (Å²) in [6.45, 7) is 0. The molecule has 0 aliphatic heterocycles. The Morgan fingerprint density at radius 3 is 2.20 bits per heavy atom. The summed E-state index contributed by atoms with van der Waals surface area (Å²) >= 11 is 2.71. The zero-order valence-electron chi connectivity index (χ0n) is 2.44. The first-order valence-electron chi connectivity index (χ1n) is 1.05. The molecule has 5 heavy (non-hydrogen) atoms. The molecule has 0 aliphatic rings. The van der Waals surface area contributed by atoms with E-state index in [4.69, 9.17) is 5.11 Å². The third-order valence-corrected chi connectivity index (χ3v) is 0.594. The molecule has 0 aromatic carbocycles. The van der Waals surface area contributed by atoms with Crippen LogP contribution >= 0.6 is 15.9 Å². The van der Waals surface area contributed by atoms with Gasteiger partial charge in [-0.25, -0.2) is 0 Å². The van der Waals surface area contributed by atoms with E-state index in [1.165, 1.54) is 0 Å². The van der Waals surface area contributed by atoms with Crippen LogP contribution in [0, 0.1) is 0 Å². The van der Waals surface area contributed by atoms with Crippen LogP contribution in [-0.4, -0.2) is 16.4 Å². The number of alkyl halides is 1. The largest absolute Gasteiger partial charge is 0.481 e. The van der Waals surface area contributed by atoms with Crippen molar-refractivity contribution < 1.29 is 9.90 Å². The molecule has 0 heterocycles. The van der Waals surface area contributed by atoms with Gasteiger partial charge in [-0.3, -0.25) is 4.79 Å². The summed E-state index contributed by atoms with van der Waals surface area (Å²) in [6, 6.07) is 0. The molecule has 0 unspecified atom stereocenters. The Kier molecular flexibility index (Phi) is 2.18. The van der Waals surface area contributed by atoms with Gasteiger partial charge in [0, 0.05) is 0 Å². The van der Waals surface area contributed by atoms with Crippen LogP contribution in [0.15, 0.2) is 0 Å². The normalized spacial score (nSPS) is 7.40. The van der Waals surface area contributed by atoms with Crippen molar-refractivity contribution in [1.29, 1.82) is 0 Å². The van der Waals surface area contributed by atoms with Crippen LogP contribution in [0.25, 0.3) is 0 Å². The van der Waals surface area contributed by atoms with Crippen LogP contribution in [0.1, 0.15) is 0 Å². The molecule has 0 fully saturated rings. The van der Waals surface area contributed by atoms with Crippen molar-refractivity contribution in [3.63, 3.8) is 0 Å². The first-order chi connectivity index (χ1) is 2.27. The predicted octanol–water partition coefficient (Wildman–Crippen LogP) is 0.466. The molecule has 30 valence electrons. The summed E-state index contributed by atoms with van der Waals surface area (Å²) in [6.07, 6.45) is 0. The molecular weight excluding hydrogens is 138 g/mol. The summed E-state index contributed by atoms with van der Waals surface area (Å²) in [5.74, 6) is -0.829. The number of carbonyl (C=O) groups is 1. The van der Waals surface area contributed by atoms with Crippen molar-refractivity contribution in [2.24, 2.45) is 0 Å². The molecule has 0 atom stereocenters. The average molecular weight is 141 g/mol. The molecule has 1 N–H and O–H groups in total. The van der Waals surface area contributed by atoms with E-state index in [-0.39, 0.29) is 5.33 Å². The Labute approximate surface area is 37.9 Å². The molecule has 0 rings (SSSR count). The van der Waals surface area contributed by atoms with Crippen LogP contribution in [0.2, 0.25) is 0 Å². The Bertz CT molecular complexity index is 42.9. The van der Waals surface area contributed by atoms with E-state index in [0.717, 1.165) is 0 Å². The number of hydrogen-bond donors (Lipinski definition) is 1. The van der Waals surface area contributed by atoms with Crippen molar-refractivity contribution in [2.75, 3.05) is 5.33 Å². The fraction of sp³-hybridized carbons (Fsp3) is 0.500. The maximum absolute atomic E-state index is 9.32. The van der Waals surface area contributed by atoms with E-state index in [1.807, 2.05) is 0 Å². The van der Waals surface area contributed by atoms with Gasteiger partial charge in [0.15, 0.2) is 0 Å². The van der Waals surface area contributed by atoms with Crippen LogP contribution in [0.3, 0.4) is 0 Å². The number of hydrogen-bond acceptors (Lipinski definition) is 1. The first-order valence-corrected chi connectivity index (χ1v) is 2.17. The zero-order valence-corrected chi connectivity index (χ0v) is 4.03. The van der Waals surface area contributed by atoms with Crippen LogP contribution in [0.5, 0.6) is 0 Å². The van der Waals surface area contributed by atoms with Gasteiger partial charge in [-0.15, -0.1) is 0 Å². The van der Waals surface area contributed by atoms with Gasteiger partial charge >= 0.3 is 5.97 Å². The fourth-order valence-electron chi connectivity index (χ4n) is 0. The topological polar surface area (TPSA) is 37.3 Å². The van der Waals surface area contributed by atoms with Gasteiger partial charge in [0.1, 0.15) is 5.33 Å². The number of halogens is 1. The molecule has 3 heteroatoms. The lowest BCUT2D eigenvalue weighted by Crippen LogP contribution is -1.92. The lowest BCUT2D eigenvalue weighted by Gasteiger charge is -1.70. The highest BCUT2D eigenvalue weighted by Gasteiger charge is 1.83. The SMILES string of the molecule is O=C(O)[14CH2]Br. The summed E-state index contributed by atoms with van der Waals surface area (Å²) in [7, 11) is 0. The Morgan fingerprint density at radius 2 is 2.20 bits per heavy atom. The van der Waals surface area contributed by atoms with E-state index in [9.17, 15) is 4.79 Å². The maximum atomic E-state index is 9.32. The summed E-state index contributed by atoms with van der Waals surface area (Å²) in [5, 5.41) is 7.71. The molecule has 0 amide bonds. The quantitative estimate of drug-likeness (QED) is 0.538. The maximum Gasteiger partial charge on any atom is 0.314 e. The Hall–Kier alpha value is -0.0500. The van der Waals surface area contributed by atoms with E-state index in [0.29, 0.717) is 0 Å². The highest BCUT2D eigenvalue weighted by atomic mass is 79.9. The highest BCUT2D eigenvalue weighted by molar-refractivity contribution is 9.09. The van der Waals surface area contributed by atoms with Gasteiger partial charge in [-0.2, -0.15) is 0 Å². The molecule has 0 aromatic heterocycles.